The van der Waals surface area contributed by atoms with Crippen LogP contribution in [-0.2, 0) is 19.2 Å². The Labute approximate surface area is 174 Å². The van der Waals surface area contributed by atoms with Gasteiger partial charge in [0.1, 0.15) is 12.6 Å². The van der Waals surface area contributed by atoms with E-state index in [0.29, 0.717) is 0 Å². The maximum atomic E-state index is 12.4. The maximum absolute atomic E-state index is 12.4. The SMILES string of the molecule is CON(C)C(=O)C(CCC(=O)O)NC(=O)OCC1c2ccccc2-c2ccccc21. The molecule has 2 N–H and O–H groups in total. The van der Waals surface area contributed by atoms with Crippen LogP contribution in [0.1, 0.15) is 29.9 Å². The van der Waals surface area contributed by atoms with E-state index in [1.165, 1.54) is 14.2 Å². The largest absolute Gasteiger partial charge is 0.481 e. The Morgan fingerprint density at radius 2 is 1.63 bits per heavy atom. The van der Waals surface area contributed by atoms with Crippen LogP contribution in [0.5, 0.6) is 0 Å². The summed E-state index contributed by atoms with van der Waals surface area (Å²) >= 11 is 0. The van der Waals surface area contributed by atoms with Crippen molar-refractivity contribution >= 4 is 18.0 Å². The summed E-state index contributed by atoms with van der Waals surface area (Å²) in [6.45, 7) is 0.0970. The third-order valence-electron chi connectivity index (χ3n) is 5.16. The number of rotatable bonds is 8. The minimum atomic E-state index is -1.07. The molecule has 30 heavy (non-hydrogen) atoms. The Morgan fingerprint density at radius 3 is 2.17 bits per heavy atom. The molecule has 8 nitrogen and oxygen atoms in total. The number of amides is 2. The molecule has 3 rings (SSSR count). The van der Waals surface area contributed by atoms with Gasteiger partial charge in [-0.25, -0.2) is 9.86 Å². The molecule has 0 aromatic heterocycles. The first kappa shape index (κ1) is 21.3. The fourth-order valence-corrected chi connectivity index (χ4v) is 3.62. The van der Waals surface area contributed by atoms with Gasteiger partial charge in [0.25, 0.3) is 5.91 Å². The highest BCUT2D eigenvalue weighted by molar-refractivity contribution is 5.85. The first-order valence-electron chi connectivity index (χ1n) is 9.57. The zero-order chi connectivity index (χ0) is 21.7. The van der Waals surface area contributed by atoms with Crippen molar-refractivity contribution in [3.8, 4) is 11.1 Å². The summed E-state index contributed by atoms with van der Waals surface area (Å²) < 4.78 is 5.43. The van der Waals surface area contributed by atoms with E-state index in [1.807, 2.05) is 48.5 Å². The van der Waals surface area contributed by atoms with Crippen molar-refractivity contribution in [1.29, 1.82) is 0 Å². The number of carboxylic acids is 1. The van der Waals surface area contributed by atoms with E-state index in [4.69, 9.17) is 14.7 Å². The Morgan fingerprint density at radius 1 is 1.07 bits per heavy atom. The number of carboxylic acid groups (broad SMARTS) is 1. The lowest BCUT2D eigenvalue weighted by molar-refractivity contribution is -0.171. The zero-order valence-corrected chi connectivity index (χ0v) is 16.8. The number of nitrogens with zero attached hydrogens (tertiary/aromatic N) is 1. The minimum Gasteiger partial charge on any atom is -0.481 e. The Balaban J connectivity index is 1.68. The minimum absolute atomic E-state index is 0.0773. The molecule has 2 aromatic rings. The van der Waals surface area contributed by atoms with Crippen LogP contribution in [0.25, 0.3) is 11.1 Å². The van der Waals surface area contributed by atoms with Crippen molar-refractivity contribution in [3.63, 3.8) is 0 Å². The van der Waals surface area contributed by atoms with Gasteiger partial charge in [0.2, 0.25) is 0 Å². The first-order valence-corrected chi connectivity index (χ1v) is 9.57. The highest BCUT2D eigenvalue weighted by Gasteiger charge is 2.30. The van der Waals surface area contributed by atoms with E-state index in [2.05, 4.69) is 5.32 Å². The third-order valence-corrected chi connectivity index (χ3v) is 5.16. The second-order valence-electron chi connectivity index (χ2n) is 6.97. The van der Waals surface area contributed by atoms with Gasteiger partial charge in [-0.3, -0.25) is 14.4 Å². The number of carbonyl (C=O) groups is 3. The molecule has 8 heteroatoms. The molecule has 0 saturated carbocycles. The molecule has 1 aliphatic carbocycles. The monoisotopic (exact) mass is 412 g/mol. The van der Waals surface area contributed by atoms with Crippen LogP contribution in [-0.4, -0.2) is 54.9 Å². The summed E-state index contributed by atoms with van der Waals surface area (Å²) in [5.74, 6) is -1.74. The average Bonchev–Trinajstić information content (AvgIpc) is 3.07. The van der Waals surface area contributed by atoms with Crippen LogP contribution in [0.15, 0.2) is 48.5 Å². The number of ether oxygens (including phenoxy) is 1. The molecule has 1 atom stereocenters. The molecule has 0 aliphatic heterocycles. The molecule has 2 amide bonds. The van der Waals surface area contributed by atoms with E-state index >= 15 is 0 Å². The number of hydroxylamine groups is 2. The van der Waals surface area contributed by atoms with E-state index in [0.717, 1.165) is 27.3 Å². The normalized spacial score (nSPS) is 13.1. The summed E-state index contributed by atoms with van der Waals surface area (Å²) in [5.41, 5.74) is 4.37. The number of carbonyl (C=O) groups excluding carboxylic acids is 2. The number of fused-ring (bicyclic) bond motifs is 3. The molecule has 0 fully saturated rings. The highest BCUT2D eigenvalue weighted by Crippen LogP contribution is 2.44. The molecule has 1 unspecified atom stereocenters. The summed E-state index contributed by atoms with van der Waals surface area (Å²) in [4.78, 5) is 40.5. The third kappa shape index (κ3) is 4.60. The van der Waals surface area contributed by atoms with E-state index in [1.54, 1.807) is 0 Å². The molecule has 0 spiro atoms. The van der Waals surface area contributed by atoms with Crippen molar-refractivity contribution in [1.82, 2.24) is 10.4 Å². The van der Waals surface area contributed by atoms with Gasteiger partial charge in [-0.05, 0) is 28.7 Å². The molecule has 2 aromatic carbocycles. The molecular weight excluding hydrogens is 388 g/mol. The molecule has 0 bridgehead atoms. The number of benzene rings is 2. The van der Waals surface area contributed by atoms with Gasteiger partial charge in [0, 0.05) is 19.4 Å². The topological polar surface area (TPSA) is 105 Å². The summed E-state index contributed by atoms with van der Waals surface area (Å²) in [7, 11) is 2.69. The zero-order valence-electron chi connectivity index (χ0n) is 16.8. The molecule has 0 radical (unpaired) electrons. The highest BCUT2D eigenvalue weighted by atomic mass is 16.7. The lowest BCUT2D eigenvalue weighted by atomic mass is 9.98. The van der Waals surface area contributed by atoms with Crippen molar-refractivity contribution in [2.24, 2.45) is 0 Å². The maximum Gasteiger partial charge on any atom is 0.407 e. The summed E-state index contributed by atoms with van der Waals surface area (Å²) in [6.07, 6.45) is -1.14. The molecule has 1 aliphatic rings. The van der Waals surface area contributed by atoms with E-state index in [9.17, 15) is 14.4 Å². The number of nitrogens with one attached hydrogen (secondary N) is 1. The fraction of sp³-hybridized carbons (Fsp3) is 0.318. The van der Waals surface area contributed by atoms with Gasteiger partial charge >= 0.3 is 12.1 Å². The van der Waals surface area contributed by atoms with Gasteiger partial charge in [-0.15, -0.1) is 0 Å². The lowest BCUT2D eigenvalue weighted by Gasteiger charge is -2.22. The van der Waals surface area contributed by atoms with Crippen LogP contribution in [0.4, 0.5) is 4.79 Å². The van der Waals surface area contributed by atoms with Crippen molar-refractivity contribution in [2.75, 3.05) is 20.8 Å². The molecule has 158 valence electrons. The quantitative estimate of drug-likeness (QED) is 0.646. The van der Waals surface area contributed by atoms with Crippen LogP contribution in [0, 0.1) is 0 Å². The van der Waals surface area contributed by atoms with E-state index in [-0.39, 0.29) is 25.4 Å². The van der Waals surface area contributed by atoms with Gasteiger partial charge in [-0.2, -0.15) is 0 Å². The Bertz CT molecular complexity index is 899. The van der Waals surface area contributed by atoms with Gasteiger partial charge in [-0.1, -0.05) is 48.5 Å². The van der Waals surface area contributed by atoms with Gasteiger partial charge < -0.3 is 15.2 Å². The first-order chi connectivity index (χ1) is 14.4. The second kappa shape index (κ2) is 9.41. The standard InChI is InChI=1S/C22H24N2O6/c1-24(29-2)21(27)19(11-12-20(25)26)23-22(28)30-13-18-16-9-5-3-7-14(16)15-8-4-6-10-17(15)18/h3-10,18-19H,11-13H2,1-2H3,(H,23,28)(H,25,26). The number of hydrogen-bond acceptors (Lipinski definition) is 5. The Kier molecular flexibility index (Phi) is 6.68. The van der Waals surface area contributed by atoms with E-state index < -0.39 is 24.0 Å². The number of alkyl carbamates (subject to hydrolysis) is 1. The smallest absolute Gasteiger partial charge is 0.407 e. The number of aliphatic carboxylic acids is 1. The predicted octanol–water partition coefficient (Wildman–Crippen LogP) is 2.78. The molecular formula is C22H24N2O6. The lowest BCUT2D eigenvalue weighted by Crippen LogP contribution is -2.47. The van der Waals surface area contributed by atoms with Crippen LogP contribution >= 0.6 is 0 Å². The Hall–Kier alpha value is -3.39. The predicted molar refractivity (Wildman–Crippen MR) is 109 cm³/mol. The van der Waals surface area contributed by atoms with Crippen LogP contribution in [0.2, 0.25) is 0 Å². The van der Waals surface area contributed by atoms with Crippen molar-refractivity contribution < 1.29 is 29.1 Å². The number of likely N-dealkylation sites (N-methyl/N-ethyl adjacent to an activating group) is 1. The van der Waals surface area contributed by atoms with Crippen molar-refractivity contribution in [2.45, 2.75) is 24.8 Å². The fourth-order valence-electron chi connectivity index (χ4n) is 3.62. The average molecular weight is 412 g/mol. The van der Waals surface area contributed by atoms with Gasteiger partial charge in [0.15, 0.2) is 0 Å². The second-order valence-corrected chi connectivity index (χ2v) is 6.97. The molecule has 0 saturated heterocycles. The van der Waals surface area contributed by atoms with Crippen molar-refractivity contribution in [3.05, 3.63) is 59.7 Å². The van der Waals surface area contributed by atoms with Gasteiger partial charge in [0.05, 0.1) is 7.11 Å². The molecule has 0 heterocycles. The summed E-state index contributed by atoms with van der Waals surface area (Å²) in [5, 5.41) is 12.3. The number of hydrogen-bond donors (Lipinski definition) is 2. The van der Waals surface area contributed by atoms with Crippen LogP contribution in [0.3, 0.4) is 0 Å². The summed E-state index contributed by atoms with van der Waals surface area (Å²) in [6, 6.07) is 14.8. The van der Waals surface area contributed by atoms with Crippen LogP contribution < -0.4 is 5.32 Å².